The third kappa shape index (κ3) is 2.49. The molecule has 6 nitrogen and oxygen atoms in total. The molecule has 1 aliphatic rings. The first-order valence-electron chi connectivity index (χ1n) is 3.57. The molecule has 0 spiro atoms. The van der Waals surface area contributed by atoms with Gasteiger partial charge in [-0.2, -0.15) is 9.50 Å². The van der Waals surface area contributed by atoms with E-state index in [1.165, 1.54) is 7.11 Å². The Labute approximate surface area is 76.7 Å². The van der Waals surface area contributed by atoms with Crippen molar-refractivity contribution >= 4 is 21.4 Å². The highest BCUT2D eigenvalue weighted by Gasteiger charge is 2.24. The zero-order valence-corrected chi connectivity index (χ0v) is 8.42. The minimum absolute atomic E-state index is 0.310. The molecule has 0 saturated heterocycles. The fourth-order valence-electron chi connectivity index (χ4n) is 0.920. The van der Waals surface area contributed by atoms with E-state index >= 15 is 0 Å². The number of hydrazone groups is 1. The van der Waals surface area contributed by atoms with Crippen molar-refractivity contribution in [2.45, 2.75) is 13.2 Å². The van der Waals surface area contributed by atoms with Crippen LogP contribution in [-0.2, 0) is 14.8 Å². The highest BCUT2D eigenvalue weighted by Crippen LogP contribution is 2.03. The Balaban J connectivity index is 3.01. The fraction of sp³-hybridized carbons (Fsp3) is 0.667. The summed E-state index contributed by atoms with van der Waals surface area (Å²) in [7, 11) is -1.95. The zero-order chi connectivity index (χ0) is 10.1. The number of rotatable bonds is 2. The second-order valence-electron chi connectivity index (χ2n) is 2.65. The van der Waals surface area contributed by atoms with Gasteiger partial charge in [0.15, 0.2) is 6.23 Å². The molecule has 0 aromatic heterocycles. The van der Waals surface area contributed by atoms with Crippen molar-refractivity contribution in [1.82, 2.24) is 5.43 Å². The van der Waals surface area contributed by atoms with Gasteiger partial charge in [0.25, 0.3) is 10.0 Å². The predicted octanol–water partition coefficient (Wildman–Crippen LogP) is -0.661. The van der Waals surface area contributed by atoms with Gasteiger partial charge in [-0.15, -0.1) is 0 Å². The first-order chi connectivity index (χ1) is 5.94. The quantitative estimate of drug-likeness (QED) is 0.649. The molecule has 0 aromatic carbocycles. The van der Waals surface area contributed by atoms with E-state index in [4.69, 9.17) is 4.74 Å². The lowest BCUT2D eigenvalue weighted by molar-refractivity contribution is 0.135. The minimum Gasteiger partial charge on any atom is -0.354 e. The van der Waals surface area contributed by atoms with Gasteiger partial charge in [0.2, 0.25) is 0 Å². The number of nitrogens with zero attached hydrogens (tertiary/aromatic N) is 2. The summed E-state index contributed by atoms with van der Waals surface area (Å²) in [5.41, 5.74) is 3.43. The second-order valence-corrected chi connectivity index (χ2v) is 4.30. The second kappa shape index (κ2) is 3.43. The lowest BCUT2D eigenvalue weighted by atomic mass is 10.2. The molecule has 7 heteroatoms. The van der Waals surface area contributed by atoms with Crippen LogP contribution in [0, 0.1) is 0 Å². The molecule has 1 N–H and O–H groups in total. The molecule has 13 heavy (non-hydrogen) atoms. The lowest BCUT2D eigenvalue weighted by Crippen LogP contribution is -2.31. The van der Waals surface area contributed by atoms with Crippen molar-refractivity contribution in [2.24, 2.45) is 9.50 Å². The molecule has 0 saturated carbocycles. The van der Waals surface area contributed by atoms with Crippen molar-refractivity contribution in [3.05, 3.63) is 0 Å². The topological polar surface area (TPSA) is 80.1 Å². The van der Waals surface area contributed by atoms with Crippen LogP contribution < -0.4 is 5.43 Å². The third-order valence-corrected chi connectivity index (χ3v) is 2.00. The third-order valence-electron chi connectivity index (χ3n) is 1.47. The molecule has 1 heterocycles. The maximum absolute atomic E-state index is 10.9. The first kappa shape index (κ1) is 10.1. The van der Waals surface area contributed by atoms with E-state index in [-0.39, 0.29) is 0 Å². The van der Waals surface area contributed by atoms with E-state index in [0.717, 1.165) is 6.26 Å². The molecule has 1 unspecified atom stereocenters. The van der Waals surface area contributed by atoms with Gasteiger partial charge in [0.05, 0.1) is 12.0 Å². The average Bonchev–Trinajstić information content (AvgIpc) is 2.30. The van der Waals surface area contributed by atoms with Crippen molar-refractivity contribution in [2.75, 3.05) is 13.4 Å². The molecule has 0 fully saturated rings. The van der Waals surface area contributed by atoms with Gasteiger partial charge >= 0.3 is 0 Å². The van der Waals surface area contributed by atoms with Crippen LogP contribution in [0.3, 0.4) is 0 Å². The standard InChI is InChI=1S/C6H11N3O3S/c1-4-5(9-13(3,10)11)6(12-2)8-7-4/h6,8H,1-3H3. The van der Waals surface area contributed by atoms with E-state index in [1.54, 1.807) is 6.92 Å². The fourth-order valence-corrected chi connectivity index (χ4v) is 1.51. The van der Waals surface area contributed by atoms with E-state index in [9.17, 15) is 8.42 Å². The largest absolute Gasteiger partial charge is 0.354 e. The van der Waals surface area contributed by atoms with E-state index in [1.807, 2.05) is 0 Å². The number of methoxy groups -OCH3 is 1. The number of sulfonamides is 1. The van der Waals surface area contributed by atoms with Gasteiger partial charge in [-0.3, -0.25) is 5.43 Å². The van der Waals surface area contributed by atoms with Crippen LogP contribution in [0.4, 0.5) is 0 Å². The summed E-state index contributed by atoms with van der Waals surface area (Å²) >= 11 is 0. The van der Waals surface area contributed by atoms with Crippen molar-refractivity contribution < 1.29 is 13.2 Å². The summed E-state index contributed by atoms with van der Waals surface area (Å²) < 4.78 is 30.2. The molecule has 1 aliphatic heterocycles. The Morgan fingerprint density at radius 3 is 2.69 bits per heavy atom. The van der Waals surface area contributed by atoms with Crippen LogP contribution in [0.2, 0.25) is 0 Å². The van der Waals surface area contributed by atoms with Crippen molar-refractivity contribution in [1.29, 1.82) is 0 Å². The summed E-state index contributed by atoms with van der Waals surface area (Å²) in [6, 6.07) is 0. The molecule has 1 atom stereocenters. The summed E-state index contributed by atoms with van der Waals surface area (Å²) in [5, 5.41) is 3.80. The molecule has 0 aromatic rings. The summed E-state index contributed by atoms with van der Waals surface area (Å²) in [4.78, 5) is 0. The molecule has 0 amide bonds. The van der Waals surface area contributed by atoms with Gasteiger partial charge in [-0.1, -0.05) is 0 Å². The highest BCUT2D eigenvalue weighted by atomic mass is 32.2. The van der Waals surface area contributed by atoms with Gasteiger partial charge in [0, 0.05) is 7.11 Å². The Morgan fingerprint density at radius 1 is 1.62 bits per heavy atom. The van der Waals surface area contributed by atoms with Crippen LogP contribution in [0.25, 0.3) is 0 Å². The molecule has 1 rings (SSSR count). The summed E-state index contributed by atoms with van der Waals surface area (Å²) in [5.74, 6) is 0. The summed E-state index contributed by atoms with van der Waals surface area (Å²) in [6.45, 7) is 1.66. The maximum Gasteiger partial charge on any atom is 0.250 e. The van der Waals surface area contributed by atoms with Crippen LogP contribution in [0.1, 0.15) is 6.92 Å². The van der Waals surface area contributed by atoms with Gasteiger partial charge in [0.1, 0.15) is 5.71 Å². The van der Waals surface area contributed by atoms with Crippen molar-refractivity contribution in [3.63, 3.8) is 0 Å². The zero-order valence-electron chi connectivity index (χ0n) is 7.60. The van der Waals surface area contributed by atoms with Gasteiger partial charge in [-0.05, 0) is 6.92 Å². The van der Waals surface area contributed by atoms with E-state index < -0.39 is 16.3 Å². The average molecular weight is 205 g/mol. The molecule has 74 valence electrons. The van der Waals surface area contributed by atoms with Crippen LogP contribution in [0.5, 0.6) is 0 Å². The van der Waals surface area contributed by atoms with Crippen LogP contribution in [0.15, 0.2) is 9.50 Å². The van der Waals surface area contributed by atoms with E-state index in [0.29, 0.717) is 11.4 Å². The van der Waals surface area contributed by atoms with Crippen LogP contribution >= 0.6 is 0 Å². The highest BCUT2D eigenvalue weighted by molar-refractivity contribution is 7.89. The Bertz CT molecular complexity index is 357. The molecule has 0 aliphatic carbocycles. The predicted molar refractivity (Wildman–Crippen MR) is 49.3 cm³/mol. The smallest absolute Gasteiger partial charge is 0.250 e. The molecule has 0 radical (unpaired) electrons. The van der Waals surface area contributed by atoms with Crippen molar-refractivity contribution in [3.8, 4) is 0 Å². The Hall–Kier alpha value is -0.950. The lowest BCUT2D eigenvalue weighted by Gasteiger charge is -2.07. The van der Waals surface area contributed by atoms with Gasteiger partial charge < -0.3 is 4.74 Å². The number of hydrogen-bond acceptors (Lipinski definition) is 5. The monoisotopic (exact) mass is 205 g/mol. The minimum atomic E-state index is -3.40. The van der Waals surface area contributed by atoms with Crippen LogP contribution in [-0.4, -0.2) is 39.4 Å². The number of nitrogens with one attached hydrogen (secondary N) is 1. The maximum atomic E-state index is 10.9. The summed E-state index contributed by atoms with van der Waals surface area (Å²) in [6.07, 6.45) is 0.466. The normalized spacial score (nSPS) is 25.9. The number of hydrogen-bond donors (Lipinski definition) is 1. The molecule has 0 bridgehead atoms. The van der Waals surface area contributed by atoms with E-state index in [2.05, 4.69) is 14.9 Å². The SMILES string of the molecule is COC1NN=C(C)C1=NS(C)(=O)=O. The number of ether oxygens (including phenoxy) is 1. The molecular formula is C6H11N3O3S. The Morgan fingerprint density at radius 2 is 2.23 bits per heavy atom. The first-order valence-corrected chi connectivity index (χ1v) is 5.41. The molecular weight excluding hydrogens is 194 g/mol. The van der Waals surface area contributed by atoms with Gasteiger partial charge in [-0.25, -0.2) is 8.42 Å². The Kier molecular flexibility index (Phi) is 2.67.